The maximum atomic E-state index is 14.4. The number of anilines is 1. The van der Waals surface area contributed by atoms with Crippen LogP contribution in [0.4, 0.5) is 10.1 Å². The second-order valence-corrected chi connectivity index (χ2v) is 9.41. The summed E-state index contributed by atoms with van der Waals surface area (Å²) in [4.78, 5) is 27.5. The van der Waals surface area contributed by atoms with E-state index in [-0.39, 0.29) is 29.6 Å². The first-order valence-corrected chi connectivity index (χ1v) is 12.3. The van der Waals surface area contributed by atoms with Gasteiger partial charge in [0, 0.05) is 44.7 Å². The third kappa shape index (κ3) is 6.29. The zero-order valence-electron chi connectivity index (χ0n) is 18.7. The van der Waals surface area contributed by atoms with Crippen molar-refractivity contribution in [2.24, 2.45) is 0 Å². The minimum Gasteiger partial charge on any atom is -0.494 e. The summed E-state index contributed by atoms with van der Waals surface area (Å²) in [5.41, 5.74) is 0.716. The van der Waals surface area contributed by atoms with E-state index in [0.29, 0.717) is 49.8 Å². The summed E-state index contributed by atoms with van der Waals surface area (Å²) < 4.78 is 47.0. The fourth-order valence-corrected chi connectivity index (χ4v) is 4.63. The fourth-order valence-electron chi connectivity index (χ4n) is 3.59. The number of carbonyl (C=O) groups excluding carboxylic acids is 2. The van der Waals surface area contributed by atoms with Crippen LogP contribution in [-0.2, 0) is 14.8 Å². The molecule has 1 heterocycles. The van der Waals surface area contributed by atoms with Crippen molar-refractivity contribution >= 4 is 27.4 Å². The molecule has 0 unspecified atom stereocenters. The van der Waals surface area contributed by atoms with Crippen LogP contribution in [0.25, 0.3) is 0 Å². The molecule has 10 heteroatoms. The molecule has 0 radical (unpaired) electrons. The van der Waals surface area contributed by atoms with Gasteiger partial charge in [-0.05, 0) is 56.3 Å². The molecule has 1 aliphatic rings. The van der Waals surface area contributed by atoms with Crippen LogP contribution < -0.4 is 14.4 Å². The molecule has 0 bridgehead atoms. The number of halogens is 1. The van der Waals surface area contributed by atoms with E-state index in [1.807, 2.05) is 11.8 Å². The van der Waals surface area contributed by atoms with Gasteiger partial charge in [-0.3, -0.25) is 9.59 Å². The number of hydrogen-bond acceptors (Lipinski definition) is 6. The van der Waals surface area contributed by atoms with Gasteiger partial charge in [-0.15, -0.1) is 0 Å². The van der Waals surface area contributed by atoms with Crippen molar-refractivity contribution in [3.63, 3.8) is 0 Å². The zero-order chi connectivity index (χ0) is 24.0. The Balaban J connectivity index is 1.48. The third-order valence-electron chi connectivity index (χ3n) is 5.40. The van der Waals surface area contributed by atoms with Gasteiger partial charge in [0.15, 0.2) is 5.78 Å². The SMILES string of the molecule is CCOc1ccc(S(=O)(=O)NCCC(=O)N2CCN(c3ccc(C(C)=O)cc3F)CC2)cc1. The normalized spacial score (nSPS) is 14.3. The van der Waals surface area contributed by atoms with Gasteiger partial charge in [0.25, 0.3) is 0 Å². The Morgan fingerprint density at radius 3 is 2.30 bits per heavy atom. The number of hydrogen-bond donors (Lipinski definition) is 1. The van der Waals surface area contributed by atoms with E-state index in [2.05, 4.69) is 4.72 Å². The summed E-state index contributed by atoms with van der Waals surface area (Å²) in [6.07, 6.45) is 0.0257. The fraction of sp³-hybridized carbons (Fsp3) is 0.391. The molecule has 0 aliphatic carbocycles. The summed E-state index contributed by atoms with van der Waals surface area (Å²) in [5.74, 6) is -0.253. The number of benzene rings is 2. The molecule has 33 heavy (non-hydrogen) atoms. The van der Waals surface area contributed by atoms with Gasteiger partial charge in [-0.1, -0.05) is 0 Å². The van der Waals surface area contributed by atoms with E-state index in [9.17, 15) is 22.4 Å². The van der Waals surface area contributed by atoms with Crippen molar-refractivity contribution in [3.8, 4) is 5.75 Å². The number of piperazine rings is 1. The number of nitrogens with zero attached hydrogens (tertiary/aromatic N) is 2. The number of nitrogens with one attached hydrogen (secondary N) is 1. The molecule has 1 aliphatic heterocycles. The summed E-state index contributed by atoms with van der Waals surface area (Å²) >= 11 is 0. The number of sulfonamides is 1. The maximum absolute atomic E-state index is 14.4. The van der Waals surface area contributed by atoms with E-state index in [4.69, 9.17) is 4.74 Å². The highest BCUT2D eigenvalue weighted by atomic mass is 32.2. The highest BCUT2D eigenvalue weighted by Crippen LogP contribution is 2.22. The Bertz CT molecular complexity index is 1100. The average molecular weight is 478 g/mol. The Labute approximate surface area is 193 Å². The van der Waals surface area contributed by atoms with Crippen molar-refractivity contribution in [1.82, 2.24) is 9.62 Å². The Morgan fingerprint density at radius 1 is 1.06 bits per heavy atom. The van der Waals surface area contributed by atoms with Gasteiger partial charge in [0.1, 0.15) is 11.6 Å². The van der Waals surface area contributed by atoms with Gasteiger partial charge in [-0.25, -0.2) is 17.5 Å². The Hall–Kier alpha value is -2.98. The van der Waals surface area contributed by atoms with Crippen LogP contribution in [0, 0.1) is 5.82 Å². The van der Waals surface area contributed by atoms with Crippen molar-refractivity contribution < 1.29 is 27.1 Å². The quantitative estimate of drug-likeness (QED) is 0.558. The van der Waals surface area contributed by atoms with Gasteiger partial charge >= 0.3 is 0 Å². The van der Waals surface area contributed by atoms with E-state index in [1.54, 1.807) is 29.2 Å². The van der Waals surface area contributed by atoms with E-state index in [1.165, 1.54) is 25.1 Å². The molecule has 0 atom stereocenters. The second kappa shape index (κ2) is 10.8. The summed E-state index contributed by atoms with van der Waals surface area (Å²) in [6, 6.07) is 10.5. The van der Waals surface area contributed by atoms with E-state index < -0.39 is 15.8 Å². The number of ketones is 1. The topological polar surface area (TPSA) is 96.0 Å². The van der Waals surface area contributed by atoms with Crippen molar-refractivity contribution in [1.29, 1.82) is 0 Å². The molecule has 0 aromatic heterocycles. The van der Waals surface area contributed by atoms with Gasteiger partial charge < -0.3 is 14.5 Å². The molecule has 1 fully saturated rings. The van der Waals surface area contributed by atoms with Crippen LogP contribution in [0.3, 0.4) is 0 Å². The molecule has 8 nitrogen and oxygen atoms in total. The van der Waals surface area contributed by atoms with Crippen molar-refractivity contribution in [2.75, 3.05) is 44.2 Å². The number of amides is 1. The smallest absolute Gasteiger partial charge is 0.240 e. The molecular weight excluding hydrogens is 449 g/mol. The van der Waals surface area contributed by atoms with Crippen LogP contribution in [0.5, 0.6) is 5.75 Å². The van der Waals surface area contributed by atoms with E-state index >= 15 is 0 Å². The standard InChI is InChI=1S/C23H28FN3O5S/c1-3-32-19-5-7-20(8-6-19)33(30,31)25-11-10-23(29)27-14-12-26(13-15-27)22-9-4-18(17(2)28)16-21(22)24/h4-9,16,25H,3,10-15H2,1-2H3. The lowest BCUT2D eigenvalue weighted by Crippen LogP contribution is -2.49. The number of Topliss-reactive ketones (excluding diaryl/α,β-unsaturated/α-hetero) is 1. The summed E-state index contributed by atoms with van der Waals surface area (Å²) in [7, 11) is -3.73. The highest BCUT2D eigenvalue weighted by Gasteiger charge is 2.23. The predicted octanol–water partition coefficient (Wildman–Crippen LogP) is 2.44. The number of ether oxygens (including phenoxy) is 1. The molecule has 2 aromatic rings. The number of carbonyl (C=O) groups is 2. The summed E-state index contributed by atoms with van der Waals surface area (Å²) in [6.45, 7) is 5.39. The average Bonchev–Trinajstić information content (AvgIpc) is 2.79. The molecular formula is C23H28FN3O5S. The van der Waals surface area contributed by atoms with Gasteiger partial charge in [0.2, 0.25) is 15.9 Å². The lowest BCUT2D eigenvalue weighted by Gasteiger charge is -2.36. The number of rotatable bonds is 9. The molecule has 3 rings (SSSR count). The Morgan fingerprint density at radius 2 is 1.73 bits per heavy atom. The van der Waals surface area contributed by atoms with Crippen LogP contribution in [0.15, 0.2) is 47.4 Å². The van der Waals surface area contributed by atoms with Gasteiger partial charge in [0.05, 0.1) is 17.2 Å². The van der Waals surface area contributed by atoms with Crippen LogP contribution in [0.2, 0.25) is 0 Å². The minimum atomic E-state index is -3.73. The van der Waals surface area contributed by atoms with Crippen molar-refractivity contribution in [3.05, 3.63) is 53.8 Å². The zero-order valence-corrected chi connectivity index (χ0v) is 19.5. The lowest BCUT2D eigenvalue weighted by molar-refractivity contribution is -0.131. The lowest BCUT2D eigenvalue weighted by atomic mass is 10.1. The highest BCUT2D eigenvalue weighted by molar-refractivity contribution is 7.89. The van der Waals surface area contributed by atoms with Crippen LogP contribution in [-0.4, -0.2) is 64.3 Å². The van der Waals surface area contributed by atoms with E-state index in [0.717, 1.165) is 0 Å². The Kier molecular flexibility index (Phi) is 8.04. The first-order chi connectivity index (χ1) is 15.7. The maximum Gasteiger partial charge on any atom is 0.240 e. The third-order valence-corrected chi connectivity index (χ3v) is 6.88. The second-order valence-electron chi connectivity index (χ2n) is 7.64. The molecule has 0 saturated carbocycles. The monoisotopic (exact) mass is 477 g/mol. The largest absolute Gasteiger partial charge is 0.494 e. The van der Waals surface area contributed by atoms with Crippen LogP contribution in [0.1, 0.15) is 30.6 Å². The first-order valence-electron chi connectivity index (χ1n) is 10.8. The molecule has 1 amide bonds. The van der Waals surface area contributed by atoms with Gasteiger partial charge in [-0.2, -0.15) is 0 Å². The van der Waals surface area contributed by atoms with Crippen LogP contribution >= 0.6 is 0 Å². The molecule has 1 N–H and O–H groups in total. The molecule has 0 spiro atoms. The van der Waals surface area contributed by atoms with Crippen molar-refractivity contribution in [2.45, 2.75) is 25.2 Å². The predicted molar refractivity (Wildman–Crippen MR) is 123 cm³/mol. The molecule has 1 saturated heterocycles. The molecule has 178 valence electrons. The summed E-state index contributed by atoms with van der Waals surface area (Å²) in [5, 5.41) is 0. The minimum absolute atomic E-state index is 0.0181. The first kappa shape index (κ1) is 24.7. The molecule has 2 aromatic carbocycles.